The van der Waals surface area contributed by atoms with Gasteiger partial charge in [-0.15, -0.1) is 11.8 Å². The standard InChI is InChI=1S/C13H16N4OS/c1-2-12(16-13-11(1)14-3-4-15-13)19-10-7-17-5-8-18-9-6-17/h1-4H,5-10H2. The minimum absolute atomic E-state index is 0.721. The molecule has 0 radical (unpaired) electrons. The molecule has 1 saturated heterocycles. The SMILES string of the molecule is c1cnc2nc(SCCN3CCOCC3)ccc2n1. The fourth-order valence-corrected chi connectivity index (χ4v) is 2.90. The van der Waals surface area contributed by atoms with Crippen LogP contribution in [-0.4, -0.2) is 58.5 Å². The summed E-state index contributed by atoms with van der Waals surface area (Å²) in [7, 11) is 0. The maximum atomic E-state index is 5.34. The first-order valence-electron chi connectivity index (χ1n) is 6.42. The fourth-order valence-electron chi connectivity index (χ4n) is 2.02. The summed E-state index contributed by atoms with van der Waals surface area (Å²) in [6.07, 6.45) is 3.37. The first kappa shape index (κ1) is 12.8. The normalized spacial score (nSPS) is 16.8. The summed E-state index contributed by atoms with van der Waals surface area (Å²) in [5, 5.41) is 1.02. The Hall–Kier alpha value is -1.24. The van der Waals surface area contributed by atoms with Crippen LogP contribution < -0.4 is 0 Å². The summed E-state index contributed by atoms with van der Waals surface area (Å²) < 4.78 is 5.34. The van der Waals surface area contributed by atoms with Crippen LogP contribution in [0.5, 0.6) is 0 Å². The monoisotopic (exact) mass is 276 g/mol. The molecule has 2 aromatic rings. The Morgan fingerprint density at radius 3 is 2.89 bits per heavy atom. The maximum Gasteiger partial charge on any atom is 0.179 e. The van der Waals surface area contributed by atoms with Gasteiger partial charge in [0, 0.05) is 37.8 Å². The molecule has 0 atom stereocenters. The smallest absolute Gasteiger partial charge is 0.179 e. The second kappa shape index (κ2) is 6.27. The topological polar surface area (TPSA) is 51.1 Å². The molecule has 0 unspecified atom stereocenters. The molecule has 0 aromatic carbocycles. The van der Waals surface area contributed by atoms with Gasteiger partial charge in [-0.3, -0.25) is 9.88 Å². The third-order valence-corrected chi connectivity index (χ3v) is 3.98. The van der Waals surface area contributed by atoms with E-state index in [0.717, 1.165) is 54.8 Å². The van der Waals surface area contributed by atoms with Gasteiger partial charge in [0.2, 0.25) is 0 Å². The number of aromatic nitrogens is 3. The van der Waals surface area contributed by atoms with E-state index in [0.29, 0.717) is 0 Å². The van der Waals surface area contributed by atoms with E-state index in [4.69, 9.17) is 4.74 Å². The minimum atomic E-state index is 0.721. The second-order valence-corrected chi connectivity index (χ2v) is 5.47. The van der Waals surface area contributed by atoms with E-state index in [9.17, 15) is 0 Å². The number of pyridine rings is 1. The van der Waals surface area contributed by atoms with Crippen molar-refractivity contribution >= 4 is 22.9 Å². The molecule has 6 heteroatoms. The summed E-state index contributed by atoms with van der Waals surface area (Å²) in [6.45, 7) is 4.87. The third kappa shape index (κ3) is 3.40. The molecule has 0 spiro atoms. The van der Waals surface area contributed by atoms with Crippen molar-refractivity contribution in [3.63, 3.8) is 0 Å². The molecule has 3 rings (SSSR count). The van der Waals surface area contributed by atoms with Gasteiger partial charge in [-0.25, -0.2) is 9.97 Å². The number of morpholine rings is 1. The van der Waals surface area contributed by atoms with Gasteiger partial charge >= 0.3 is 0 Å². The van der Waals surface area contributed by atoms with Gasteiger partial charge in [0.25, 0.3) is 0 Å². The molecular formula is C13H16N4OS. The first-order valence-corrected chi connectivity index (χ1v) is 7.41. The molecule has 1 aliphatic heterocycles. The molecule has 5 nitrogen and oxygen atoms in total. The third-order valence-electron chi connectivity index (χ3n) is 3.07. The van der Waals surface area contributed by atoms with Crippen LogP contribution in [0.3, 0.4) is 0 Å². The van der Waals surface area contributed by atoms with Crippen molar-refractivity contribution in [3.05, 3.63) is 24.5 Å². The molecular weight excluding hydrogens is 260 g/mol. The molecule has 3 heterocycles. The summed E-state index contributed by atoms with van der Waals surface area (Å²) in [6, 6.07) is 3.99. The van der Waals surface area contributed by atoms with Gasteiger partial charge in [-0.2, -0.15) is 0 Å². The lowest BCUT2D eigenvalue weighted by Gasteiger charge is -2.26. The number of hydrogen-bond acceptors (Lipinski definition) is 6. The van der Waals surface area contributed by atoms with Crippen molar-refractivity contribution in [2.75, 3.05) is 38.6 Å². The van der Waals surface area contributed by atoms with Gasteiger partial charge < -0.3 is 4.74 Å². The molecule has 0 aliphatic carbocycles. The van der Waals surface area contributed by atoms with Crippen LogP contribution in [0.1, 0.15) is 0 Å². The summed E-state index contributed by atoms with van der Waals surface area (Å²) in [5.74, 6) is 1.04. The van der Waals surface area contributed by atoms with Crippen LogP contribution in [0.2, 0.25) is 0 Å². The molecule has 1 fully saturated rings. The van der Waals surface area contributed by atoms with E-state index in [1.807, 2.05) is 12.1 Å². The number of fused-ring (bicyclic) bond motifs is 1. The fraction of sp³-hybridized carbons (Fsp3) is 0.462. The molecule has 2 aromatic heterocycles. The van der Waals surface area contributed by atoms with Gasteiger partial charge in [0.05, 0.1) is 18.2 Å². The zero-order valence-corrected chi connectivity index (χ0v) is 11.5. The highest BCUT2D eigenvalue weighted by molar-refractivity contribution is 7.99. The van der Waals surface area contributed by atoms with Gasteiger partial charge in [-0.1, -0.05) is 0 Å². The van der Waals surface area contributed by atoms with Crippen molar-refractivity contribution < 1.29 is 4.74 Å². The molecule has 1 aliphatic rings. The molecule has 0 N–H and O–H groups in total. The Morgan fingerprint density at radius 2 is 2.00 bits per heavy atom. The van der Waals surface area contributed by atoms with Gasteiger partial charge in [0.15, 0.2) is 5.65 Å². The quantitative estimate of drug-likeness (QED) is 0.788. The number of nitrogens with zero attached hydrogens (tertiary/aromatic N) is 4. The lowest BCUT2D eigenvalue weighted by molar-refractivity contribution is 0.0410. The average molecular weight is 276 g/mol. The van der Waals surface area contributed by atoms with Crippen molar-refractivity contribution in [3.8, 4) is 0 Å². The molecule has 0 amide bonds. The summed E-state index contributed by atoms with van der Waals surface area (Å²) in [4.78, 5) is 15.4. The number of thioether (sulfide) groups is 1. The lowest BCUT2D eigenvalue weighted by atomic mass is 10.4. The van der Waals surface area contributed by atoms with E-state index in [1.54, 1.807) is 24.2 Å². The maximum absolute atomic E-state index is 5.34. The van der Waals surface area contributed by atoms with E-state index in [2.05, 4.69) is 19.9 Å². The average Bonchev–Trinajstić information content (AvgIpc) is 2.48. The molecule has 0 saturated carbocycles. The van der Waals surface area contributed by atoms with Crippen LogP contribution >= 0.6 is 11.8 Å². The van der Waals surface area contributed by atoms with Crippen molar-refractivity contribution in [2.24, 2.45) is 0 Å². The number of rotatable bonds is 4. The van der Waals surface area contributed by atoms with Gasteiger partial charge in [0.1, 0.15) is 5.52 Å². The zero-order valence-electron chi connectivity index (χ0n) is 10.7. The van der Waals surface area contributed by atoms with Crippen LogP contribution in [0.15, 0.2) is 29.6 Å². The zero-order chi connectivity index (χ0) is 12.9. The predicted octanol–water partition coefficient (Wildman–Crippen LogP) is 1.45. The van der Waals surface area contributed by atoms with Crippen molar-refractivity contribution in [1.29, 1.82) is 0 Å². The van der Waals surface area contributed by atoms with Crippen LogP contribution in [0.4, 0.5) is 0 Å². The largest absolute Gasteiger partial charge is 0.379 e. The van der Waals surface area contributed by atoms with Crippen LogP contribution in [0, 0.1) is 0 Å². The molecule has 0 bridgehead atoms. The van der Waals surface area contributed by atoms with E-state index in [-0.39, 0.29) is 0 Å². The van der Waals surface area contributed by atoms with Crippen molar-refractivity contribution in [2.45, 2.75) is 5.03 Å². The van der Waals surface area contributed by atoms with Crippen LogP contribution in [0.25, 0.3) is 11.2 Å². The number of hydrogen-bond donors (Lipinski definition) is 0. The van der Waals surface area contributed by atoms with Crippen molar-refractivity contribution in [1.82, 2.24) is 19.9 Å². The lowest BCUT2D eigenvalue weighted by Crippen LogP contribution is -2.37. The number of ether oxygens (including phenoxy) is 1. The van der Waals surface area contributed by atoms with E-state index >= 15 is 0 Å². The second-order valence-electron chi connectivity index (χ2n) is 4.35. The Morgan fingerprint density at radius 1 is 1.16 bits per heavy atom. The van der Waals surface area contributed by atoms with E-state index < -0.39 is 0 Å². The summed E-state index contributed by atoms with van der Waals surface area (Å²) in [5.41, 5.74) is 1.57. The Labute approximate surface area is 116 Å². The molecule has 100 valence electrons. The predicted molar refractivity (Wildman–Crippen MR) is 75.3 cm³/mol. The summed E-state index contributed by atoms with van der Waals surface area (Å²) >= 11 is 1.77. The van der Waals surface area contributed by atoms with Gasteiger partial charge in [-0.05, 0) is 12.1 Å². The van der Waals surface area contributed by atoms with Crippen LogP contribution in [-0.2, 0) is 4.74 Å². The first-order chi connectivity index (χ1) is 9.42. The Bertz CT molecular complexity index is 545. The highest BCUT2D eigenvalue weighted by atomic mass is 32.2. The highest BCUT2D eigenvalue weighted by Gasteiger charge is 2.09. The molecule has 19 heavy (non-hydrogen) atoms. The highest BCUT2D eigenvalue weighted by Crippen LogP contribution is 2.17. The Kier molecular flexibility index (Phi) is 4.22. The van der Waals surface area contributed by atoms with E-state index in [1.165, 1.54) is 0 Å². The Balaban J connectivity index is 1.56. The minimum Gasteiger partial charge on any atom is -0.379 e.